The average Bonchev–Trinajstić information content (AvgIpc) is 3.34. The van der Waals surface area contributed by atoms with E-state index in [1.165, 1.54) is 5.56 Å². The summed E-state index contributed by atoms with van der Waals surface area (Å²) in [5, 5.41) is 41.1. The molecule has 0 fully saturated rings. The van der Waals surface area contributed by atoms with Crippen LogP contribution in [0.25, 0.3) is 5.69 Å². The van der Waals surface area contributed by atoms with Crippen molar-refractivity contribution in [1.29, 1.82) is 0 Å². The molecule has 11 nitrogen and oxygen atoms in total. The van der Waals surface area contributed by atoms with Gasteiger partial charge in [-0.3, -0.25) is 18.8 Å². The van der Waals surface area contributed by atoms with E-state index in [0.717, 1.165) is 37.1 Å². The molecule has 0 aliphatic rings. The quantitative estimate of drug-likeness (QED) is 0.163. The number of carbonyl (C=O) groups is 3. The van der Waals surface area contributed by atoms with Crippen molar-refractivity contribution in [2.75, 3.05) is 19.8 Å². The van der Waals surface area contributed by atoms with Crippen molar-refractivity contribution in [3.8, 4) is 5.69 Å². The van der Waals surface area contributed by atoms with Crippen molar-refractivity contribution < 1.29 is 34.1 Å². The molecular formula is C25H36FN5O6. The van der Waals surface area contributed by atoms with E-state index >= 15 is 0 Å². The van der Waals surface area contributed by atoms with E-state index in [9.17, 15) is 23.9 Å². The van der Waals surface area contributed by atoms with E-state index in [1.54, 1.807) is 4.68 Å². The van der Waals surface area contributed by atoms with Crippen LogP contribution >= 0.6 is 0 Å². The topological polar surface area (TPSA) is 167 Å². The summed E-state index contributed by atoms with van der Waals surface area (Å²) in [5.41, 5.74) is 2.83. The Labute approximate surface area is 215 Å². The number of benzene rings is 1. The third-order valence-electron chi connectivity index (χ3n) is 5.91. The molecule has 37 heavy (non-hydrogen) atoms. The maximum atomic E-state index is 12.3. The highest BCUT2D eigenvalue weighted by molar-refractivity contribution is 5.75. The van der Waals surface area contributed by atoms with Crippen LogP contribution in [0.1, 0.15) is 56.2 Å². The summed E-state index contributed by atoms with van der Waals surface area (Å²) < 4.78 is 14.0. The minimum atomic E-state index is -1.16. The fraction of sp³-hybridized carbons (Fsp3) is 0.560. The molecule has 0 radical (unpaired) electrons. The largest absolute Gasteiger partial charge is 0.481 e. The van der Waals surface area contributed by atoms with Crippen LogP contribution in [0.2, 0.25) is 0 Å². The molecule has 12 heteroatoms. The van der Waals surface area contributed by atoms with Gasteiger partial charge >= 0.3 is 17.9 Å². The van der Waals surface area contributed by atoms with Crippen molar-refractivity contribution >= 4 is 17.9 Å². The van der Waals surface area contributed by atoms with Gasteiger partial charge in [0.25, 0.3) is 0 Å². The highest BCUT2D eigenvalue weighted by Crippen LogP contribution is 2.12. The summed E-state index contributed by atoms with van der Waals surface area (Å²) in [7, 11) is 0. The van der Waals surface area contributed by atoms with Crippen LogP contribution in [-0.2, 0) is 27.2 Å². The van der Waals surface area contributed by atoms with E-state index in [4.69, 9.17) is 10.2 Å². The molecule has 0 spiro atoms. The first-order valence-corrected chi connectivity index (χ1v) is 12.5. The van der Waals surface area contributed by atoms with Gasteiger partial charge in [0.05, 0.1) is 24.3 Å². The van der Waals surface area contributed by atoms with Crippen LogP contribution in [-0.4, -0.2) is 80.1 Å². The summed E-state index contributed by atoms with van der Waals surface area (Å²) in [6, 6.07) is 6.15. The predicted molar refractivity (Wildman–Crippen MR) is 134 cm³/mol. The highest BCUT2D eigenvalue weighted by atomic mass is 19.1. The third-order valence-corrected chi connectivity index (χ3v) is 5.91. The molecule has 1 heterocycles. The zero-order chi connectivity index (χ0) is 27.0. The van der Waals surface area contributed by atoms with E-state index in [1.807, 2.05) is 30.5 Å². The molecule has 2 rings (SSSR count). The van der Waals surface area contributed by atoms with Gasteiger partial charge in [0.2, 0.25) is 0 Å². The normalized spacial score (nSPS) is 12.8. The zero-order valence-electron chi connectivity index (χ0n) is 20.8. The number of aliphatic carboxylic acids is 3. The molecule has 5 N–H and O–H groups in total. The smallest absolute Gasteiger partial charge is 0.320 e. The maximum absolute atomic E-state index is 12.3. The lowest BCUT2D eigenvalue weighted by atomic mass is 10.1. The lowest BCUT2D eigenvalue weighted by Crippen LogP contribution is -2.43. The molecule has 0 saturated carbocycles. The zero-order valence-corrected chi connectivity index (χ0v) is 20.8. The SMILES string of the molecule is O=C(O)CC[C@H](NCC[C@H](NCCCCCc1ccc(-n2cc(CCCF)nn2)cc1)C(=O)O)C(=O)O. The third kappa shape index (κ3) is 11.5. The Hall–Kier alpha value is -3.38. The first-order chi connectivity index (χ1) is 17.8. The Morgan fingerprint density at radius 3 is 2.19 bits per heavy atom. The Morgan fingerprint density at radius 1 is 0.865 bits per heavy atom. The van der Waals surface area contributed by atoms with Gasteiger partial charge in [-0.15, -0.1) is 5.10 Å². The van der Waals surface area contributed by atoms with Gasteiger partial charge < -0.3 is 26.0 Å². The Kier molecular flexibility index (Phi) is 13.2. The van der Waals surface area contributed by atoms with Gasteiger partial charge in [-0.1, -0.05) is 23.8 Å². The summed E-state index contributed by atoms with van der Waals surface area (Å²) in [4.78, 5) is 33.3. The molecular weight excluding hydrogens is 485 g/mol. The Balaban J connectivity index is 1.65. The van der Waals surface area contributed by atoms with Gasteiger partial charge in [0, 0.05) is 6.42 Å². The number of nitrogens with one attached hydrogen (secondary N) is 2. The summed E-state index contributed by atoms with van der Waals surface area (Å²) in [6.45, 7) is 0.292. The second kappa shape index (κ2) is 16.4. The molecule has 204 valence electrons. The van der Waals surface area contributed by atoms with Crippen LogP contribution < -0.4 is 10.6 Å². The van der Waals surface area contributed by atoms with Gasteiger partial charge in [0.1, 0.15) is 12.1 Å². The standard InChI is InChI=1S/C25H36FN5O6/c26-14-4-6-19-17-31(30-29-19)20-9-7-18(8-10-20)5-2-1-3-15-27-22(25(36)37)13-16-28-21(24(34)35)11-12-23(32)33/h7-10,17,21-22,27-28H,1-6,11-16H2,(H,32,33)(H,34,35)(H,36,37)/t21-,22-/m0/s1. The number of aromatic nitrogens is 3. The highest BCUT2D eigenvalue weighted by Gasteiger charge is 2.20. The number of alkyl halides is 1. The van der Waals surface area contributed by atoms with E-state index in [2.05, 4.69) is 20.9 Å². The summed E-state index contributed by atoms with van der Waals surface area (Å²) in [6.07, 6.45) is 6.19. The molecule has 0 unspecified atom stereocenters. The lowest BCUT2D eigenvalue weighted by Gasteiger charge is -2.17. The van der Waals surface area contributed by atoms with Crippen LogP contribution in [0, 0.1) is 0 Å². The van der Waals surface area contributed by atoms with E-state index in [0.29, 0.717) is 19.4 Å². The van der Waals surface area contributed by atoms with Gasteiger partial charge in [-0.05, 0) is 75.7 Å². The fourth-order valence-electron chi connectivity index (χ4n) is 3.81. The summed E-state index contributed by atoms with van der Waals surface area (Å²) >= 11 is 0. The van der Waals surface area contributed by atoms with Gasteiger partial charge in [-0.25, -0.2) is 4.68 Å². The molecule has 2 aromatic rings. The molecule has 1 aromatic carbocycles. The van der Waals surface area contributed by atoms with E-state index in [-0.39, 0.29) is 32.5 Å². The molecule has 0 amide bonds. The average molecular weight is 522 g/mol. The monoisotopic (exact) mass is 521 g/mol. The molecule has 0 aliphatic carbocycles. The Bertz CT molecular complexity index is 984. The predicted octanol–water partition coefficient (Wildman–Crippen LogP) is 2.22. The molecule has 0 saturated heterocycles. The van der Waals surface area contributed by atoms with Crippen LogP contribution in [0.5, 0.6) is 0 Å². The van der Waals surface area contributed by atoms with Gasteiger partial charge in [-0.2, -0.15) is 0 Å². The molecule has 0 aliphatic heterocycles. The fourth-order valence-corrected chi connectivity index (χ4v) is 3.81. The minimum absolute atomic E-state index is 0.0679. The minimum Gasteiger partial charge on any atom is -0.481 e. The van der Waals surface area contributed by atoms with Crippen molar-refractivity contribution in [3.63, 3.8) is 0 Å². The number of halogens is 1. The van der Waals surface area contributed by atoms with Gasteiger partial charge in [0.15, 0.2) is 0 Å². The Morgan fingerprint density at radius 2 is 1.54 bits per heavy atom. The maximum Gasteiger partial charge on any atom is 0.320 e. The number of hydrogen-bond acceptors (Lipinski definition) is 7. The number of unbranched alkanes of at least 4 members (excludes halogenated alkanes) is 2. The van der Waals surface area contributed by atoms with Crippen LogP contribution in [0.15, 0.2) is 30.5 Å². The number of hydrogen-bond donors (Lipinski definition) is 5. The van der Waals surface area contributed by atoms with Crippen molar-refractivity contribution in [2.24, 2.45) is 0 Å². The molecule has 2 atom stereocenters. The second-order valence-corrected chi connectivity index (χ2v) is 8.84. The molecule has 1 aromatic heterocycles. The first-order valence-electron chi connectivity index (χ1n) is 12.5. The lowest BCUT2D eigenvalue weighted by molar-refractivity contribution is -0.141. The van der Waals surface area contributed by atoms with E-state index < -0.39 is 30.0 Å². The number of aryl methyl sites for hydroxylation is 2. The van der Waals surface area contributed by atoms with Crippen LogP contribution in [0.3, 0.4) is 0 Å². The number of carboxylic acid groups (broad SMARTS) is 3. The van der Waals surface area contributed by atoms with Crippen molar-refractivity contribution in [3.05, 3.63) is 41.7 Å². The second-order valence-electron chi connectivity index (χ2n) is 8.84. The van der Waals surface area contributed by atoms with Crippen molar-refractivity contribution in [2.45, 2.75) is 69.9 Å². The van der Waals surface area contributed by atoms with Crippen molar-refractivity contribution in [1.82, 2.24) is 25.6 Å². The first kappa shape index (κ1) is 29.8. The number of carboxylic acids is 3. The molecule has 0 bridgehead atoms. The van der Waals surface area contributed by atoms with Crippen LogP contribution in [0.4, 0.5) is 4.39 Å². The number of rotatable bonds is 20. The summed E-state index contributed by atoms with van der Waals surface area (Å²) in [5.74, 6) is -3.25. The number of nitrogens with zero attached hydrogens (tertiary/aromatic N) is 3.